The number of hydrogen-bond donors (Lipinski definition) is 1. The van der Waals surface area contributed by atoms with Crippen molar-refractivity contribution in [3.8, 4) is 0 Å². The van der Waals surface area contributed by atoms with E-state index in [2.05, 4.69) is 22.8 Å². The van der Waals surface area contributed by atoms with Crippen molar-refractivity contribution < 1.29 is 0 Å². The van der Waals surface area contributed by atoms with Gasteiger partial charge in [0.1, 0.15) is 0 Å². The third kappa shape index (κ3) is 1.61. The number of aromatic nitrogens is 2. The second kappa shape index (κ2) is 3.50. The van der Waals surface area contributed by atoms with Crippen LogP contribution in [0.15, 0.2) is 12.3 Å². The van der Waals surface area contributed by atoms with Gasteiger partial charge in [-0.1, -0.05) is 0 Å². The summed E-state index contributed by atoms with van der Waals surface area (Å²) in [7, 11) is 0. The van der Waals surface area contributed by atoms with Crippen molar-refractivity contribution in [1.29, 1.82) is 0 Å². The molecule has 1 aliphatic carbocycles. The molecule has 2 unspecified atom stereocenters. The molecule has 3 heteroatoms. The highest BCUT2D eigenvalue weighted by atomic mass is 15.3. The summed E-state index contributed by atoms with van der Waals surface area (Å²) in [5, 5.41) is 4.28. The standard InChI is InChI=1S/C10H17N3/c1-2-13-10(5-6-12-13)8-3-4-9(11)7-8/h5-6,8-9H,2-4,7,11H2,1H3. The highest BCUT2D eigenvalue weighted by Crippen LogP contribution is 2.33. The normalized spacial score (nSPS) is 28.2. The average Bonchev–Trinajstić information content (AvgIpc) is 2.71. The van der Waals surface area contributed by atoms with E-state index >= 15 is 0 Å². The Labute approximate surface area is 78.9 Å². The van der Waals surface area contributed by atoms with Crippen molar-refractivity contribution >= 4 is 0 Å². The Morgan fingerprint density at radius 1 is 1.62 bits per heavy atom. The van der Waals surface area contributed by atoms with E-state index in [1.165, 1.54) is 18.5 Å². The Morgan fingerprint density at radius 2 is 2.46 bits per heavy atom. The molecular formula is C10H17N3. The summed E-state index contributed by atoms with van der Waals surface area (Å²) < 4.78 is 2.09. The number of hydrogen-bond acceptors (Lipinski definition) is 2. The van der Waals surface area contributed by atoms with Crippen LogP contribution >= 0.6 is 0 Å². The number of aryl methyl sites for hydroxylation is 1. The molecule has 0 spiro atoms. The highest BCUT2D eigenvalue weighted by Gasteiger charge is 2.25. The molecule has 2 rings (SSSR count). The third-order valence-electron chi connectivity index (χ3n) is 2.94. The molecular weight excluding hydrogens is 162 g/mol. The first-order valence-corrected chi connectivity index (χ1v) is 5.08. The van der Waals surface area contributed by atoms with E-state index in [1.807, 2.05) is 6.20 Å². The largest absolute Gasteiger partial charge is 0.328 e. The van der Waals surface area contributed by atoms with Crippen LogP contribution in [0.25, 0.3) is 0 Å². The number of nitrogens with zero attached hydrogens (tertiary/aromatic N) is 2. The van der Waals surface area contributed by atoms with Gasteiger partial charge in [-0.15, -0.1) is 0 Å². The van der Waals surface area contributed by atoms with Crippen molar-refractivity contribution in [2.45, 2.75) is 44.7 Å². The van der Waals surface area contributed by atoms with Crippen molar-refractivity contribution in [2.24, 2.45) is 5.73 Å². The molecule has 1 heterocycles. The molecule has 1 aromatic heterocycles. The van der Waals surface area contributed by atoms with Gasteiger partial charge in [-0.2, -0.15) is 5.10 Å². The van der Waals surface area contributed by atoms with Crippen LogP contribution in [0.1, 0.15) is 37.8 Å². The lowest BCUT2D eigenvalue weighted by atomic mass is 10.0. The van der Waals surface area contributed by atoms with Crippen molar-refractivity contribution in [2.75, 3.05) is 0 Å². The van der Waals surface area contributed by atoms with Gasteiger partial charge in [0.2, 0.25) is 0 Å². The van der Waals surface area contributed by atoms with Crippen molar-refractivity contribution in [3.63, 3.8) is 0 Å². The zero-order valence-corrected chi connectivity index (χ0v) is 8.11. The van der Waals surface area contributed by atoms with E-state index in [0.717, 1.165) is 13.0 Å². The van der Waals surface area contributed by atoms with Crippen LogP contribution in [-0.4, -0.2) is 15.8 Å². The van der Waals surface area contributed by atoms with Gasteiger partial charge in [0.05, 0.1) is 0 Å². The average molecular weight is 179 g/mol. The summed E-state index contributed by atoms with van der Waals surface area (Å²) in [6.07, 6.45) is 5.42. The van der Waals surface area contributed by atoms with E-state index < -0.39 is 0 Å². The van der Waals surface area contributed by atoms with Gasteiger partial charge in [-0.25, -0.2) is 0 Å². The summed E-state index contributed by atoms with van der Waals surface area (Å²) in [6.45, 7) is 3.10. The predicted molar refractivity (Wildman–Crippen MR) is 52.5 cm³/mol. The second-order valence-electron chi connectivity index (χ2n) is 3.84. The molecule has 3 nitrogen and oxygen atoms in total. The molecule has 0 radical (unpaired) electrons. The second-order valence-corrected chi connectivity index (χ2v) is 3.84. The lowest BCUT2D eigenvalue weighted by Gasteiger charge is -2.11. The van der Waals surface area contributed by atoms with E-state index in [4.69, 9.17) is 5.73 Å². The summed E-state index contributed by atoms with van der Waals surface area (Å²) in [6, 6.07) is 2.54. The SMILES string of the molecule is CCn1nccc1C1CCC(N)C1. The minimum Gasteiger partial charge on any atom is -0.328 e. The smallest absolute Gasteiger partial charge is 0.0492 e. The summed E-state index contributed by atoms with van der Waals surface area (Å²) in [4.78, 5) is 0. The predicted octanol–water partition coefficient (Wildman–Crippen LogP) is 1.50. The number of nitrogens with two attached hydrogens (primary N) is 1. The Bertz CT molecular complexity index is 279. The van der Waals surface area contributed by atoms with Crippen LogP contribution in [0.3, 0.4) is 0 Å². The monoisotopic (exact) mass is 179 g/mol. The van der Waals surface area contributed by atoms with E-state index in [-0.39, 0.29) is 0 Å². The van der Waals surface area contributed by atoms with Crippen LogP contribution in [0.2, 0.25) is 0 Å². The van der Waals surface area contributed by atoms with Crippen LogP contribution in [0, 0.1) is 0 Å². The lowest BCUT2D eigenvalue weighted by molar-refractivity contribution is 0.563. The number of rotatable bonds is 2. The van der Waals surface area contributed by atoms with Gasteiger partial charge in [0.25, 0.3) is 0 Å². The molecule has 0 aliphatic heterocycles. The topological polar surface area (TPSA) is 43.8 Å². The maximum absolute atomic E-state index is 5.89. The van der Waals surface area contributed by atoms with Crippen LogP contribution in [-0.2, 0) is 6.54 Å². The van der Waals surface area contributed by atoms with Gasteiger partial charge in [-0.3, -0.25) is 4.68 Å². The maximum Gasteiger partial charge on any atom is 0.0492 e. The van der Waals surface area contributed by atoms with Crippen LogP contribution in [0.4, 0.5) is 0 Å². The molecule has 2 atom stereocenters. The van der Waals surface area contributed by atoms with Gasteiger partial charge in [0.15, 0.2) is 0 Å². The highest BCUT2D eigenvalue weighted by molar-refractivity contribution is 5.10. The molecule has 0 amide bonds. The fourth-order valence-electron chi connectivity index (χ4n) is 2.24. The molecule has 1 saturated carbocycles. The van der Waals surface area contributed by atoms with Gasteiger partial charge < -0.3 is 5.73 Å². The first kappa shape index (κ1) is 8.75. The van der Waals surface area contributed by atoms with Gasteiger partial charge in [-0.05, 0) is 32.3 Å². The first-order chi connectivity index (χ1) is 6.31. The molecule has 0 saturated heterocycles. The molecule has 2 N–H and O–H groups in total. The Balaban J connectivity index is 2.16. The van der Waals surface area contributed by atoms with E-state index in [0.29, 0.717) is 12.0 Å². The molecule has 1 aromatic rings. The Kier molecular flexibility index (Phi) is 2.36. The first-order valence-electron chi connectivity index (χ1n) is 5.08. The van der Waals surface area contributed by atoms with Crippen LogP contribution < -0.4 is 5.73 Å². The minimum atomic E-state index is 0.408. The fraction of sp³-hybridized carbons (Fsp3) is 0.700. The van der Waals surface area contributed by atoms with Gasteiger partial charge >= 0.3 is 0 Å². The summed E-state index contributed by atoms with van der Waals surface area (Å²) in [5.41, 5.74) is 7.26. The molecule has 1 aliphatic rings. The molecule has 72 valence electrons. The maximum atomic E-state index is 5.89. The molecule has 1 fully saturated rings. The quantitative estimate of drug-likeness (QED) is 0.747. The van der Waals surface area contributed by atoms with E-state index in [9.17, 15) is 0 Å². The minimum absolute atomic E-state index is 0.408. The molecule has 0 bridgehead atoms. The van der Waals surface area contributed by atoms with Crippen molar-refractivity contribution in [1.82, 2.24) is 9.78 Å². The Hall–Kier alpha value is -0.830. The molecule has 13 heavy (non-hydrogen) atoms. The summed E-state index contributed by atoms with van der Waals surface area (Å²) >= 11 is 0. The van der Waals surface area contributed by atoms with Crippen molar-refractivity contribution in [3.05, 3.63) is 18.0 Å². The lowest BCUT2D eigenvalue weighted by Crippen LogP contribution is -2.15. The summed E-state index contributed by atoms with van der Waals surface area (Å²) in [5.74, 6) is 0.650. The zero-order chi connectivity index (χ0) is 9.26. The zero-order valence-electron chi connectivity index (χ0n) is 8.11. The van der Waals surface area contributed by atoms with Gasteiger partial charge in [0, 0.05) is 30.4 Å². The fourth-order valence-corrected chi connectivity index (χ4v) is 2.24. The third-order valence-corrected chi connectivity index (χ3v) is 2.94. The Morgan fingerprint density at radius 3 is 3.08 bits per heavy atom. The van der Waals surface area contributed by atoms with E-state index in [1.54, 1.807) is 0 Å². The van der Waals surface area contributed by atoms with Crippen LogP contribution in [0.5, 0.6) is 0 Å². The molecule has 0 aromatic carbocycles.